The molecular weight excluding hydrogens is 857 g/mol. The number of rotatable bonds is 4. The zero-order chi connectivity index (χ0) is 49.2. The third-order valence-corrected chi connectivity index (χ3v) is 17.2. The summed E-state index contributed by atoms with van der Waals surface area (Å²) in [7, 11) is 0. The molecule has 0 N–H and O–H groups in total. The summed E-state index contributed by atoms with van der Waals surface area (Å²) in [6.07, 6.45) is 9.93. The maximum absolute atomic E-state index is 16.1. The summed E-state index contributed by atoms with van der Waals surface area (Å²) < 4.78 is 55.3. The smallest absolute Gasteiger partial charge is 0.416 e. The summed E-state index contributed by atoms with van der Waals surface area (Å²) in [6, 6.07) is 27.3. The highest BCUT2D eigenvalue weighted by molar-refractivity contribution is 7.01. The number of halogens is 3. The number of allylic oxidation sites excluding steroid dienone is 4. The lowest BCUT2D eigenvalue weighted by molar-refractivity contribution is -0.137. The molecule has 0 spiro atoms. The molecule has 0 amide bonds. The van der Waals surface area contributed by atoms with E-state index in [0.717, 1.165) is 94.1 Å². The van der Waals surface area contributed by atoms with Crippen LogP contribution in [0.15, 0.2) is 108 Å². The van der Waals surface area contributed by atoms with Crippen LogP contribution < -0.4 is 26.2 Å². The number of aryl methyl sites for hydroxylation is 1. The maximum atomic E-state index is 16.1. The van der Waals surface area contributed by atoms with Crippen molar-refractivity contribution in [2.45, 2.75) is 162 Å². The van der Waals surface area contributed by atoms with Crippen LogP contribution in [-0.2, 0) is 39.7 Å². The molecule has 1 unspecified atom stereocenters. The van der Waals surface area contributed by atoms with Gasteiger partial charge >= 0.3 is 6.18 Å². The first-order valence-electron chi connectivity index (χ1n) is 25.4. The molecule has 6 aromatic rings. The van der Waals surface area contributed by atoms with Crippen LogP contribution in [0.5, 0.6) is 0 Å². The number of para-hydroxylation sites is 1. The van der Waals surface area contributed by atoms with Gasteiger partial charge in [-0.3, -0.25) is 4.90 Å². The van der Waals surface area contributed by atoms with E-state index < -0.39 is 23.9 Å². The van der Waals surface area contributed by atoms with E-state index in [9.17, 15) is 0 Å². The van der Waals surface area contributed by atoms with Gasteiger partial charge in [0, 0.05) is 33.3 Å². The van der Waals surface area contributed by atoms with Crippen LogP contribution in [0.2, 0.25) is 0 Å². The van der Waals surface area contributed by atoms with E-state index >= 15 is 13.2 Å². The second-order valence-electron chi connectivity index (χ2n) is 25.5. The molecule has 5 aromatic carbocycles. The average molecular weight is 925 g/mol. The Morgan fingerprint density at radius 2 is 1.17 bits per heavy atom. The molecule has 0 radical (unpaired) electrons. The van der Waals surface area contributed by atoms with Gasteiger partial charge in [0.15, 0.2) is 0 Å². The second-order valence-corrected chi connectivity index (χ2v) is 25.5. The van der Waals surface area contributed by atoms with Crippen molar-refractivity contribution in [1.82, 2.24) is 0 Å². The average Bonchev–Trinajstić information content (AvgIpc) is 3.65. The molecule has 0 fully saturated rings. The Hall–Kier alpha value is -5.43. The lowest BCUT2D eigenvalue weighted by atomic mass is 9.33. The second kappa shape index (κ2) is 14.8. The van der Waals surface area contributed by atoms with Gasteiger partial charge in [-0.25, -0.2) is 0 Å². The van der Waals surface area contributed by atoms with Crippen molar-refractivity contribution < 1.29 is 17.6 Å². The summed E-state index contributed by atoms with van der Waals surface area (Å²) in [5.74, 6) is 0.576. The van der Waals surface area contributed by atoms with Crippen molar-refractivity contribution in [3.8, 4) is 0 Å². The number of nitrogens with zero attached hydrogens (tertiary/aromatic N) is 2. The highest BCUT2D eigenvalue weighted by Gasteiger charge is 2.51. The molecule has 0 bridgehead atoms. The van der Waals surface area contributed by atoms with Crippen LogP contribution in [0.25, 0.3) is 11.0 Å². The molecule has 3 nitrogen and oxygen atoms in total. The first-order chi connectivity index (χ1) is 32.2. The minimum Gasteiger partial charge on any atom is -0.440 e. The Balaban J connectivity index is 1.32. The van der Waals surface area contributed by atoms with Crippen LogP contribution in [-0.4, -0.2) is 6.71 Å². The number of anilines is 6. The van der Waals surface area contributed by atoms with E-state index in [1.54, 1.807) is 0 Å². The molecule has 11 rings (SSSR count). The molecule has 0 saturated carbocycles. The molecule has 3 aliphatic carbocycles. The van der Waals surface area contributed by atoms with E-state index in [-0.39, 0.29) is 27.1 Å². The van der Waals surface area contributed by atoms with Gasteiger partial charge < -0.3 is 9.32 Å². The molecule has 356 valence electrons. The fourth-order valence-electron chi connectivity index (χ4n) is 13.1. The van der Waals surface area contributed by atoms with Gasteiger partial charge in [-0.1, -0.05) is 150 Å². The maximum Gasteiger partial charge on any atom is 0.416 e. The number of hydrogen-bond acceptors (Lipinski definition) is 3. The van der Waals surface area contributed by atoms with Crippen molar-refractivity contribution in [2.75, 3.05) is 9.80 Å². The Morgan fingerprint density at radius 1 is 0.594 bits per heavy atom. The van der Waals surface area contributed by atoms with E-state index in [1.807, 2.05) is 17.0 Å². The Kier molecular flexibility index (Phi) is 9.87. The first-order valence-corrected chi connectivity index (χ1v) is 25.4. The van der Waals surface area contributed by atoms with Crippen molar-refractivity contribution in [3.63, 3.8) is 0 Å². The fraction of sp³-hybridized carbons (Fsp3) is 0.419. The lowest BCUT2D eigenvalue weighted by Gasteiger charge is -2.48. The van der Waals surface area contributed by atoms with E-state index in [1.165, 1.54) is 39.9 Å². The number of furan rings is 1. The molecule has 3 heterocycles. The minimum atomic E-state index is -4.64. The van der Waals surface area contributed by atoms with Crippen molar-refractivity contribution in [3.05, 3.63) is 148 Å². The largest absolute Gasteiger partial charge is 0.440 e. The zero-order valence-corrected chi connectivity index (χ0v) is 43.1. The van der Waals surface area contributed by atoms with Crippen molar-refractivity contribution in [2.24, 2.45) is 5.41 Å². The standard InChI is InChI=1S/C62H68BF3N2O/c1-37-29-38(36-56(2,3)4)21-22-47(37)68-51-31-39(62(64,65)66)30-50-54(51)63(53-40-19-15-16-20-52(40)69-55(53)68)46-33-42-44(60(11,12)28-26-58(42,7)8)35-49(46)67(50)48-34-43-41(57(5,6)25-27-59(43,9)10)32-45(48)61(13)23-17-14-18-24-61/h14-23,29-35H,24-28,36H2,1-13H3. The summed E-state index contributed by atoms with van der Waals surface area (Å²) >= 11 is 0. The zero-order valence-electron chi connectivity index (χ0n) is 43.1. The molecule has 0 saturated heterocycles. The molecule has 1 aromatic heterocycles. The Labute approximate surface area is 409 Å². The fourth-order valence-corrected chi connectivity index (χ4v) is 13.1. The number of hydrogen-bond donors (Lipinski definition) is 0. The van der Waals surface area contributed by atoms with Crippen molar-refractivity contribution >= 4 is 68.4 Å². The molecule has 1 atom stereocenters. The number of fused-ring (bicyclic) bond motifs is 8. The van der Waals surface area contributed by atoms with E-state index in [4.69, 9.17) is 4.42 Å². The highest BCUT2D eigenvalue weighted by Crippen LogP contribution is 2.56. The van der Waals surface area contributed by atoms with Gasteiger partial charge in [-0.15, -0.1) is 0 Å². The molecule has 5 aliphatic rings. The van der Waals surface area contributed by atoms with Crippen LogP contribution >= 0.6 is 0 Å². The first kappa shape index (κ1) is 46.0. The quantitative estimate of drug-likeness (QED) is 0.164. The number of benzene rings is 5. The molecule has 2 aliphatic heterocycles. The molecule has 69 heavy (non-hydrogen) atoms. The Bertz CT molecular complexity index is 3210. The monoisotopic (exact) mass is 925 g/mol. The van der Waals surface area contributed by atoms with Gasteiger partial charge in [0.25, 0.3) is 6.71 Å². The van der Waals surface area contributed by atoms with Gasteiger partial charge in [0.05, 0.1) is 16.9 Å². The van der Waals surface area contributed by atoms with Gasteiger partial charge in [0.2, 0.25) is 5.88 Å². The van der Waals surface area contributed by atoms with E-state index in [2.05, 4.69) is 174 Å². The topological polar surface area (TPSA) is 19.6 Å². The van der Waals surface area contributed by atoms with Gasteiger partial charge in [0.1, 0.15) is 5.58 Å². The van der Waals surface area contributed by atoms with Crippen LogP contribution in [0.3, 0.4) is 0 Å². The van der Waals surface area contributed by atoms with Crippen molar-refractivity contribution in [1.29, 1.82) is 0 Å². The van der Waals surface area contributed by atoms with Crippen LogP contribution in [0, 0.1) is 12.3 Å². The van der Waals surface area contributed by atoms with Crippen LogP contribution in [0.4, 0.5) is 47.5 Å². The summed E-state index contributed by atoms with van der Waals surface area (Å²) in [4.78, 5) is 4.33. The summed E-state index contributed by atoms with van der Waals surface area (Å²) in [5.41, 5.74) is 14.4. The minimum absolute atomic E-state index is 0.0550. The Morgan fingerprint density at radius 3 is 1.75 bits per heavy atom. The van der Waals surface area contributed by atoms with Crippen LogP contribution in [0.1, 0.15) is 160 Å². The summed E-state index contributed by atoms with van der Waals surface area (Å²) in [6.45, 7) is 29.5. The third kappa shape index (κ3) is 7.12. The van der Waals surface area contributed by atoms with E-state index in [0.29, 0.717) is 17.3 Å². The molecule has 7 heteroatoms. The SMILES string of the molecule is Cc1cc(CC(C)(C)C)ccc1N1c2cc(C(F)(F)F)cc3c2B(c2cc4c(cc2N3c2cc3c(cc2C2(C)C=CC=CC2)C(C)(C)CCC3(C)C)C(C)(C)CCC4(C)C)c2c1oc1ccccc21. The predicted molar refractivity (Wildman–Crippen MR) is 284 cm³/mol. The highest BCUT2D eigenvalue weighted by atomic mass is 19.4. The number of alkyl halides is 3. The predicted octanol–water partition coefficient (Wildman–Crippen LogP) is 15.9. The van der Waals surface area contributed by atoms with Gasteiger partial charge in [-0.2, -0.15) is 13.2 Å². The normalized spacial score (nSPS) is 21.4. The lowest BCUT2D eigenvalue weighted by Crippen LogP contribution is -2.61. The van der Waals surface area contributed by atoms with Gasteiger partial charge in [-0.05, 0) is 159 Å². The summed E-state index contributed by atoms with van der Waals surface area (Å²) in [5, 5.41) is 0.975. The third-order valence-electron chi connectivity index (χ3n) is 17.2. The molecular formula is C62H68BF3N2O.